The van der Waals surface area contributed by atoms with Crippen LogP contribution >= 0.6 is 0 Å². The summed E-state index contributed by atoms with van der Waals surface area (Å²) in [6.07, 6.45) is -4.45. The Balaban J connectivity index is 3.05. The van der Waals surface area contributed by atoms with Crippen LogP contribution in [0.3, 0.4) is 0 Å². The van der Waals surface area contributed by atoms with E-state index in [1.54, 1.807) is 37.3 Å². The summed E-state index contributed by atoms with van der Waals surface area (Å²) in [6.45, 7) is 0.199. The van der Waals surface area contributed by atoms with Crippen molar-refractivity contribution < 1.29 is 27.4 Å². The molecule has 0 saturated heterocycles. The third-order valence-electron chi connectivity index (χ3n) is 2.86. The lowest BCUT2D eigenvalue weighted by atomic mass is 9.90. The first-order chi connectivity index (χ1) is 9.85. The van der Waals surface area contributed by atoms with Crippen LogP contribution in [0.4, 0.5) is 13.2 Å². The second-order valence-electron chi connectivity index (χ2n) is 4.40. The number of hydrogen-bond acceptors (Lipinski definition) is 4. The van der Waals surface area contributed by atoms with Crippen molar-refractivity contribution in [1.82, 2.24) is 5.32 Å². The highest BCUT2D eigenvalue weighted by atomic mass is 19.4. The van der Waals surface area contributed by atoms with Crippen molar-refractivity contribution in [3.8, 4) is 0 Å². The molecule has 1 aromatic rings. The highest BCUT2D eigenvalue weighted by Crippen LogP contribution is 2.25. The Morgan fingerprint density at radius 2 is 1.81 bits per heavy atom. The second-order valence-corrected chi connectivity index (χ2v) is 4.40. The van der Waals surface area contributed by atoms with E-state index >= 15 is 0 Å². The molecule has 0 aliphatic rings. The number of halogens is 3. The molecule has 118 valence electrons. The van der Waals surface area contributed by atoms with Crippen LogP contribution in [0, 0.1) is 0 Å². The molecule has 0 saturated carbocycles. The molecule has 0 radical (unpaired) electrons. The lowest BCUT2D eigenvalue weighted by Gasteiger charge is -2.32. The summed E-state index contributed by atoms with van der Waals surface area (Å²) in [7, 11) is 1.18. The molecule has 0 spiro atoms. The van der Waals surface area contributed by atoms with Gasteiger partial charge in [-0.25, -0.2) is 4.79 Å². The number of likely N-dealkylation sites (N-methyl/N-ethyl adjacent to an activating group) is 1. The number of nitrogens with one attached hydrogen (secondary N) is 1. The molecular weight excluding hydrogens is 287 g/mol. The van der Waals surface area contributed by atoms with Crippen LogP contribution in [-0.2, 0) is 19.8 Å². The maximum Gasteiger partial charge on any atom is 0.411 e. The van der Waals surface area contributed by atoms with Gasteiger partial charge in [0.05, 0.1) is 13.7 Å². The molecule has 1 N–H and O–H groups in total. The zero-order valence-corrected chi connectivity index (χ0v) is 11.9. The maximum atomic E-state index is 12.2. The van der Waals surface area contributed by atoms with E-state index < -0.39 is 30.9 Å². The van der Waals surface area contributed by atoms with E-state index in [-0.39, 0.29) is 0 Å². The van der Waals surface area contributed by atoms with E-state index in [0.717, 1.165) is 0 Å². The molecule has 0 fully saturated rings. The Morgan fingerprint density at radius 3 is 2.29 bits per heavy atom. The zero-order valence-electron chi connectivity index (χ0n) is 11.9. The number of carbonyl (C=O) groups is 1. The molecule has 4 nitrogen and oxygen atoms in total. The van der Waals surface area contributed by atoms with Gasteiger partial charge in [-0.2, -0.15) is 13.2 Å². The number of carbonyl (C=O) groups excluding carboxylic acids is 1. The Morgan fingerprint density at radius 1 is 1.19 bits per heavy atom. The van der Waals surface area contributed by atoms with Crippen molar-refractivity contribution in [2.75, 3.05) is 26.9 Å². The number of ether oxygens (including phenoxy) is 2. The third-order valence-corrected chi connectivity index (χ3v) is 2.86. The molecule has 1 rings (SSSR count). The van der Waals surface area contributed by atoms with Crippen molar-refractivity contribution in [3.63, 3.8) is 0 Å². The molecule has 0 aromatic heterocycles. The van der Waals surface area contributed by atoms with E-state index in [9.17, 15) is 18.0 Å². The zero-order chi connectivity index (χ0) is 15.9. The van der Waals surface area contributed by atoms with Crippen LogP contribution in [0.25, 0.3) is 0 Å². The van der Waals surface area contributed by atoms with Gasteiger partial charge in [0.1, 0.15) is 6.61 Å². The maximum absolute atomic E-state index is 12.2. The molecule has 0 aliphatic heterocycles. The molecule has 0 aliphatic carbocycles. The first kappa shape index (κ1) is 17.5. The predicted molar refractivity (Wildman–Crippen MR) is 70.7 cm³/mol. The van der Waals surface area contributed by atoms with E-state index in [0.29, 0.717) is 12.1 Å². The first-order valence-corrected chi connectivity index (χ1v) is 6.39. The first-order valence-electron chi connectivity index (χ1n) is 6.39. The quantitative estimate of drug-likeness (QED) is 0.785. The van der Waals surface area contributed by atoms with E-state index in [2.05, 4.69) is 5.32 Å². The molecular formula is C14H18F3NO3. The number of hydrogen-bond donors (Lipinski definition) is 1. The number of alkyl halides is 3. The molecule has 1 aromatic carbocycles. The van der Waals surface area contributed by atoms with Gasteiger partial charge in [0.2, 0.25) is 0 Å². The summed E-state index contributed by atoms with van der Waals surface area (Å²) >= 11 is 0. The predicted octanol–water partition coefficient (Wildman–Crippen LogP) is 2.24. The average molecular weight is 305 g/mol. The standard InChI is InChI=1S/C14H18F3NO3/c1-3-18-13(12(19)20-2,9-21-10-14(15,16)17)11-7-5-4-6-8-11/h4-8,18H,3,9-10H2,1-2H3. The number of methoxy groups -OCH3 is 1. The Bertz CT molecular complexity index is 451. The van der Waals surface area contributed by atoms with Gasteiger partial charge in [0.25, 0.3) is 0 Å². The monoisotopic (exact) mass is 305 g/mol. The molecule has 1 atom stereocenters. The fourth-order valence-electron chi connectivity index (χ4n) is 2.00. The summed E-state index contributed by atoms with van der Waals surface area (Å²) < 4.78 is 46.2. The van der Waals surface area contributed by atoms with Gasteiger partial charge in [0.15, 0.2) is 5.54 Å². The summed E-state index contributed by atoms with van der Waals surface area (Å²) in [6, 6.07) is 8.39. The normalized spacial score (nSPS) is 14.5. The summed E-state index contributed by atoms with van der Waals surface area (Å²) in [5.41, 5.74) is -0.975. The topological polar surface area (TPSA) is 47.6 Å². The molecule has 0 bridgehead atoms. The third kappa shape index (κ3) is 4.71. The minimum atomic E-state index is -4.45. The van der Waals surface area contributed by atoms with Crippen LogP contribution < -0.4 is 5.32 Å². The molecule has 1 unspecified atom stereocenters. The van der Waals surface area contributed by atoms with Gasteiger partial charge in [-0.05, 0) is 12.1 Å². The van der Waals surface area contributed by atoms with Gasteiger partial charge in [0, 0.05) is 0 Å². The highest BCUT2D eigenvalue weighted by molar-refractivity contribution is 5.82. The van der Waals surface area contributed by atoms with Gasteiger partial charge in [-0.1, -0.05) is 37.3 Å². The van der Waals surface area contributed by atoms with Crippen LogP contribution in [0.15, 0.2) is 30.3 Å². The van der Waals surface area contributed by atoms with E-state index in [1.807, 2.05) is 0 Å². The fraction of sp³-hybridized carbons (Fsp3) is 0.500. The van der Waals surface area contributed by atoms with Gasteiger partial charge in [-0.3, -0.25) is 5.32 Å². The van der Waals surface area contributed by atoms with E-state index in [4.69, 9.17) is 9.47 Å². The van der Waals surface area contributed by atoms with Gasteiger partial charge in [-0.15, -0.1) is 0 Å². The Hall–Kier alpha value is -1.60. The summed E-state index contributed by atoms with van der Waals surface area (Å²) in [5.74, 6) is -0.697. The molecule has 0 heterocycles. The lowest BCUT2D eigenvalue weighted by molar-refractivity contribution is -0.183. The minimum Gasteiger partial charge on any atom is -0.467 e. The van der Waals surface area contributed by atoms with E-state index in [1.165, 1.54) is 7.11 Å². The smallest absolute Gasteiger partial charge is 0.411 e. The van der Waals surface area contributed by atoms with Gasteiger partial charge >= 0.3 is 12.1 Å². The van der Waals surface area contributed by atoms with Crippen LogP contribution in [0.2, 0.25) is 0 Å². The molecule has 7 heteroatoms. The lowest BCUT2D eigenvalue weighted by Crippen LogP contribution is -2.53. The molecule has 0 amide bonds. The van der Waals surface area contributed by atoms with Crippen molar-refractivity contribution in [2.45, 2.75) is 18.6 Å². The van der Waals surface area contributed by atoms with Crippen molar-refractivity contribution in [1.29, 1.82) is 0 Å². The van der Waals surface area contributed by atoms with Crippen LogP contribution in [-0.4, -0.2) is 39.0 Å². The SMILES string of the molecule is CCNC(COCC(F)(F)F)(C(=O)OC)c1ccccc1. The van der Waals surface area contributed by atoms with Gasteiger partial charge < -0.3 is 9.47 Å². The summed E-state index contributed by atoms with van der Waals surface area (Å²) in [4.78, 5) is 12.1. The van der Waals surface area contributed by atoms with Crippen molar-refractivity contribution in [3.05, 3.63) is 35.9 Å². The Labute approximate surface area is 121 Å². The minimum absolute atomic E-state index is 0.360. The average Bonchev–Trinajstić information content (AvgIpc) is 2.45. The second kappa shape index (κ2) is 7.42. The Kier molecular flexibility index (Phi) is 6.17. The number of benzene rings is 1. The largest absolute Gasteiger partial charge is 0.467 e. The van der Waals surface area contributed by atoms with Crippen LogP contribution in [0.1, 0.15) is 12.5 Å². The fourth-order valence-corrected chi connectivity index (χ4v) is 2.00. The van der Waals surface area contributed by atoms with Crippen molar-refractivity contribution in [2.24, 2.45) is 0 Å². The van der Waals surface area contributed by atoms with Crippen LogP contribution in [0.5, 0.6) is 0 Å². The number of rotatable bonds is 7. The summed E-state index contributed by atoms with van der Waals surface area (Å²) in [5, 5.41) is 2.88. The molecule has 21 heavy (non-hydrogen) atoms. The highest BCUT2D eigenvalue weighted by Gasteiger charge is 2.42. The number of esters is 1. The van der Waals surface area contributed by atoms with Crippen molar-refractivity contribution >= 4 is 5.97 Å².